The summed E-state index contributed by atoms with van der Waals surface area (Å²) < 4.78 is 11.9. The molecule has 8 nitrogen and oxygen atoms in total. The van der Waals surface area contributed by atoms with Crippen molar-refractivity contribution in [3.05, 3.63) is 28.7 Å². The van der Waals surface area contributed by atoms with Crippen LogP contribution in [0.15, 0.2) is 27.4 Å². The molecule has 0 unspecified atom stereocenters. The molecule has 0 atom stereocenters. The first-order chi connectivity index (χ1) is 11.7. The number of piperazine rings is 1. The van der Waals surface area contributed by atoms with Gasteiger partial charge in [-0.2, -0.15) is 0 Å². The van der Waals surface area contributed by atoms with Gasteiger partial charge in [-0.25, -0.2) is 9.59 Å². The molecule has 1 saturated heterocycles. The predicted octanol–water partition coefficient (Wildman–Crippen LogP) is 1.72. The largest absolute Gasteiger partial charge is 0.444 e. The van der Waals surface area contributed by atoms with Gasteiger partial charge in [-0.15, -0.1) is 0 Å². The number of ether oxygens (including phenoxy) is 1. The fraction of sp³-hybridized carbons (Fsp3) is 0.471. The highest BCUT2D eigenvalue weighted by molar-refractivity contribution is 5.98. The Bertz CT molecular complexity index is 890. The number of hydrogen-bond acceptors (Lipinski definition) is 5. The summed E-state index contributed by atoms with van der Waals surface area (Å²) in [6, 6.07) is 5.17. The number of aromatic nitrogens is 1. The molecule has 0 bridgehead atoms. The summed E-state index contributed by atoms with van der Waals surface area (Å²) in [5, 5.41) is 0. The van der Waals surface area contributed by atoms with E-state index in [9.17, 15) is 14.4 Å². The van der Waals surface area contributed by atoms with E-state index in [4.69, 9.17) is 9.15 Å². The lowest BCUT2D eigenvalue weighted by Gasteiger charge is -2.35. The smallest absolute Gasteiger partial charge is 0.419 e. The zero-order valence-corrected chi connectivity index (χ0v) is 14.7. The van der Waals surface area contributed by atoms with Gasteiger partial charge in [-0.05, 0) is 32.9 Å². The van der Waals surface area contributed by atoms with Crippen LogP contribution in [0.3, 0.4) is 0 Å². The Morgan fingerprint density at radius 3 is 2.56 bits per heavy atom. The van der Waals surface area contributed by atoms with E-state index in [1.165, 1.54) is 9.47 Å². The van der Waals surface area contributed by atoms with Crippen molar-refractivity contribution in [1.82, 2.24) is 9.47 Å². The third-order valence-corrected chi connectivity index (χ3v) is 3.96. The molecule has 134 valence electrons. The van der Waals surface area contributed by atoms with Gasteiger partial charge < -0.3 is 14.1 Å². The molecule has 2 heterocycles. The van der Waals surface area contributed by atoms with E-state index in [2.05, 4.69) is 0 Å². The Morgan fingerprint density at radius 1 is 1.20 bits per heavy atom. The Kier molecular flexibility index (Phi) is 4.06. The third kappa shape index (κ3) is 3.38. The second-order valence-electron chi connectivity index (χ2n) is 7.03. The van der Waals surface area contributed by atoms with Crippen molar-refractivity contribution in [2.45, 2.75) is 26.4 Å². The first-order valence-electron chi connectivity index (χ1n) is 8.03. The quantitative estimate of drug-likeness (QED) is 0.784. The molecule has 0 radical (unpaired) electrons. The zero-order chi connectivity index (χ0) is 18.4. The number of rotatable bonds is 1. The molecule has 1 aromatic heterocycles. The highest BCUT2D eigenvalue weighted by Gasteiger charge is 2.31. The van der Waals surface area contributed by atoms with Crippen molar-refractivity contribution in [3.8, 4) is 0 Å². The standard InChI is InChI=1S/C17H21N3O5/c1-17(2,3)25-16(23)19-7-8-20(14(21)10-19)11-5-6-12-13(9-11)24-15(22)18(12)4/h5-6,9H,7-8,10H2,1-4H3. The van der Waals surface area contributed by atoms with Crippen molar-refractivity contribution in [1.29, 1.82) is 0 Å². The molecule has 0 saturated carbocycles. The van der Waals surface area contributed by atoms with Crippen molar-refractivity contribution in [2.24, 2.45) is 7.05 Å². The first-order valence-corrected chi connectivity index (χ1v) is 8.03. The summed E-state index contributed by atoms with van der Waals surface area (Å²) >= 11 is 0. The van der Waals surface area contributed by atoms with Crippen LogP contribution in [0.25, 0.3) is 11.1 Å². The van der Waals surface area contributed by atoms with Crippen molar-refractivity contribution < 1.29 is 18.7 Å². The summed E-state index contributed by atoms with van der Waals surface area (Å²) in [4.78, 5) is 39.1. The number of fused-ring (bicyclic) bond motifs is 1. The van der Waals surface area contributed by atoms with Crippen LogP contribution in [0.4, 0.5) is 10.5 Å². The van der Waals surface area contributed by atoms with Gasteiger partial charge in [-0.3, -0.25) is 14.3 Å². The van der Waals surface area contributed by atoms with Crippen LogP contribution in [-0.2, 0) is 16.6 Å². The van der Waals surface area contributed by atoms with Gasteiger partial charge in [0.05, 0.1) is 5.52 Å². The van der Waals surface area contributed by atoms with Gasteiger partial charge in [0.2, 0.25) is 5.91 Å². The maximum atomic E-state index is 12.5. The van der Waals surface area contributed by atoms with Crippen molar-refractivity contribution in [2.75, 3.05) is 24.5 Å². The van der Waals surface area contributed by atoms with E-state index in [1.54, 1.807) is 50.9 Å². The maximum absolute atomic E-state index is 12.5. The van der Waals surface area contributed by atoms with Crippen LogP contribution in [0, 0.1) is 0 Å². The van der Waals surface area contributed by atoms with Gasteiger partial charge in [0.1, 0.15) is 12.1 Å². The molecule has 0 aliphatic carbocycles. The summed E-state index contributed by atoms with van der Waals surface area (Å²) in [6.45, 7) is 6.02. The summed E-state index contributed by atoms with van der Waals surface area (Å²) in [5.74, 6) is -0.664. The first kappa shape index (κ1) is 17.1. The Labute approximate surface area is 144 Å². The molecule has 2 aromatic rings. The molecule has 1 aliphatic rings. The average Bonchev–Trinajstić information content (AvgIpc) is 2.79. The number of amides is 2. The van der Waals surface area contributed by atoms with Crippen LogP contribution in [-0.4, -0.2) is 46.7 Å². The van der Waals surface area contributed by atoms with E-state index in [0.717, 1.165) is 0 Å². The van der Waals surface area contributed by atoms with E-state index in [0.29, 0.717) is 29.9 Å². The van der Waals surface area contributed by atoms with Gasteiger partial charge in [-0.1, -0.05) is 0 Å². The number of anilines is 1. The zero-order valence-electron chi connectivity index (χ0n) is 14.7. The van der Waals surface area contributed by atoms with Gasteiger partial charge >= 0.3 is 11.8 Å². The third-order valence-electron chi connectivity index (χ3n) is 3.96. The van der Waals surface area contributed by atoms with E-state index < -0.39 is 17.5 Å². The number of carbonyl (C=O) groups is 2. The summed E-state index contributed by atoms with van der Waals surface area (Å²) in [5.41, 5.74) is 1.12. The lowest BCUT2D eigenvalue weighted by atomic mass is 10.2. The van der Waals surface area contributed by atoms with Crippen molar-refractivity contribution in [3.63, 3.8) is 0 Å². The number of hydrogen-bond donors (Lipinski definition) is 0. The lowest BCUT2D eigenvalue weighted by Crippen LogP contribution is -2.53. The summed E-state index contributed by atoms with van der Waals surface area (Å²) in [6.07, 6.45) is -0.495. The summed E-state index contributed by atoms with van der Waals surface area (Å²) in [7, 11) is 1.62. The monoisotopic (exact) mass is 347 g/mol. The molecular weight excluding hydrogens is 326 g/mol. The Morgan fingerprint density at radius 2 is 1.92 bits per heavy atom. The lowest BCUT2D eigenvalue weighted by molar-refractivity contribution is -0.121. The minimum atomic E-state index is -0.604. The SMILES string of the molecule is Cn1c(=O)oc2cc(N3CCN(C(=O)OC(C)(C)C)CC3=O)ccc21. The Balaban J connectivity index is 1.77. The van der Waals surface area contributed by atoms with Gasteiger partial charge in [0, 0.05) is 31.9 Å². The van der Waals surface area contributed by atoms with Crippen LogP contribution < -0.4 is 10.7 Å². The molecule has 0 spiro atoms. The van der Waals surface area contributed by atoms with Gasteiger partial charge in [0.25, 0.3) is 0 Å². The highest BCUT2D eigenvalue weighted by atomic mass is 16.6. The fourth-order valence-electron chi connectivity index (χ4n) is 2.72. The topological polar surface area (TPSA) is 85.0 Å². The van der Waals surface area contributed by atoms with Crippen LogP contribution in [0.1, 0.15) is 20.8 Å². The van der Waals surface area contributed by atoms with E-state index >= 15 is 0 Å². The van der Waals surface area contributed by atoms with Crippen LogP contribution >= 0.6 is 0 Å². The average molecular weight is 347 g/mol. The second kappa shape index (κ2) is 5.94. The number of benzene rings is 1. The fourth-order valence-corrected chi connectivity index (χ4v) is 2.72. The predicted molar refractivity (Wildman–Crippen MR) is 91.6 cm³/mol. The number of oxazole rings is 1. The molecule has 0 N–H and O–H groups in total. The molecule has 8 heteroatoms. The Hall–Kier alpha value is -2.77. The minimum Gasteiger partial charge on any atom is -0.444 e. The van der Waals surface area contributed by atoms with Crippen LogP contribution in [0.2, 0.25) is 0 Å². The highest BCUT2D eigenvalue weighted by Crippen LogP contribution is 2.23. The normalized spacial score (nSPS) is 15.8. The second-order valence-corrected chi connectivity index (χ2v) is 7.03. The molecule has 1 aliphatic heterocycles. The molecule has 3 rings (SSSR count). The van der Waals surface area contributed by atoms with E-state index in [-0.39, 0.29) is 12.5 Å². The maximum Gasteiger partial charge on any atom is 0.419 e. The van der Waals surface area contributed by atoms with Gasteiger partial charge in [0.15, 0.2) is 5.58 Å². The molecule has 25 heavy (non-hydrogen) atoms. The molecule has 2 amide bonds. The minimum absolute atomic E-state index is 0.0499. The molecular formula is C17H21N3O5. The van der Waals surface area contributed by atoms with Crippen LogP contribution in [0.5, 0.6) is 0 Å². The molecule has 1 fully saturated rings. The molecule has 1 aromatic carbocycles. The van der Waals surface area contributed by atoms with E-state index in [1.807, 2.05) is 0 Å². The number of aryl methyl sites for hydroxylation is 1. The number of carbonyl (C=O) groups excluding carboxylic acids is 2. The number of nitrogens with zero attached hydrogens (tertiary/aromatic N) is 3. The van der Waals surface area contributed by atoms with Crippen molar-refractivity contribution >= 4 is 28.8 Å².